The topological polar surface area (TPSA) is 78.0 Å². The van der Waals surface area contributed by atoms with Crippen molar-refractivity contribution in [3.8, 4) is 5.69 Å². The number of nitrogens with two attached hydrogens (primary N) is 1. The van der Waals surface area contributed by atoms with E-state index in [4.69, 9.17) is 16.7 Å². The van der Waals surface area contributed by atoms with Gasteiger partial charge in [0.1, 0.15) is 4.90 Å². The summed E-state index contributed by atoms with van der Waals surface area (Å²) in [5.41, 5.74) is 0.955. The standard InChI is InChI=1S/C10H10ClN3O2S/c1-7-9(17(12,15)16)10(11)14(13-7)8-5-3-2-4-6-8/h2-6H,1H3,(H2,12,15,16). The highest BCUT2D eigenvalue weighted by molar-refractivity contribution is 7.89. The van der Waals surface area contributed by atoms with Crippen LogP contribution in [-0.4, -0.2) is 18.2 Å². The van der Waals surface area contributed by atoms with Gasteiger partial charge in [-0.2, -0.15) is 5.10 Å². The molecule has 0 aliphatic carbocycles. The van der Waals surface area contributed by atoms with Crippen LogP contribution in [-0.2, 0) is 10.0 Å². The molecule has 0 unspecified atom stereocenters. The lowest BCUT2D eigenvalue weighted by Gasteiger charge is -2.02. The van der Waals surface area contributed by atoms with Gasteiger partial charge in [-0.25, -0.2) is 18.2 Å². The Morgan fingerprint density at radius 1 is 1.29 bits per heavy atom. The molecule has 0 atom stereocenters. The lowest BCUT2D eigenvalue weighted by atomic mass is 10.3. The van der Waals surface area contributed by atoms with Gasteiger partial charge in [0, 0.05) is 0 Å². The zero-order valence-electron chi connectivity index (χ0n) is 8.96. The van der Waals surface area contributed by atoms with Crippen molar-refractivity contribution in [1.82, 2.24) is 9.78 Å². The van der Waals surface area contributed by atoms with Crippen molar-refractivity contribution in [3.05, 3.63) is 41.2 Å². The fourth-order valence-corrected chi connectivity index (χ4v) is 2.92. The van der Waals surface area contributed by atoms with E-state index < -0.39 is 10.0 Å². The van der Waals surface area contributed by atoms with E-state index in [9.17, 15) is 8.42 Å². The van der Waals surface area contributed by atoms with Crippen LogP contribution in [0.4, 0.5) is 0 Å². The molecule has 2 rings (SSSR count). The minimum absolute atomic E-state index is 0.00352. The molecule has 1 aromatic carbocycles. The molecule has 0 fully saturated rings. The molecule has 0 bridgehead atoms. The average Bonchev–Trinajstić information content (AvgIpc) is 2.54. The predicted octanol–water partition coefficient (Wildman–Crippen LogP) is 1.48. The number of hydrogen-bond acceptors (Lipinski definition) is 3. The molecule has 0 aliphatic heterocycles. The second-order valence-corrected chi connectivity index (χ2v) is 5.35. The van der Waals surface area contributed by atoms with Crippen LogP contribution in [0.15, 0.2) is 35.2 Å². The Morgan fingerprint density at radius 2 is 1.88 bits per heavy atom. The SMILES string of the molecule is Cc1nn(-c2ccccc2)c(Cl)c1S(N)(=O)=O. The maximum Gasteiger partial charge on any atom is 0.243 e. The molecule has 0 amide bonds. The summed E-state index contributed by atoms with van der Waals surface area (Å²) in [6, 6.07) is 8.99. The third-order valence-corrected chi connectivity index (χ3v) is 3.76. The lowest BCUT2D eigenvalue weighted by Crippen LogP contribution is -2.13. The van der Waals surface area contributed by atoms with Crippen molar-refractivity contribution in [2.24, 2.45) is 5.14 Å². The number of aromatic nitrogens is 2. The molecule has 2 N–H and O–H groups in total. The molecule has 0 saturated carbocycles. The van der Waals surface area contributed by atoms with E-state index in [2.05, 4.69) is 5.10 Å². The van der Waals surface area contributed by atoms with Crippen LogP contribution in [0.1, 0.15) is 5.69 Å². The number of nitrogens with zero attached hydrogens (tertiary/aromatic N) is 2. The van der Waals surface area contributed by atoms with Crippen molar-refractivity contribution in [2.75, 3.05) is 0 Å². The highest BCUT2D eigenvalue weighted by Crippen LogP contribution is 2.26. The Labute approximate surface area is 104 Å². The predicted molar refractivity (Wildman–Crippen MR) is 64.7 cm³/mol. The average molecular weight is 272 g/mol. The summed E-state index contributed by atoms with van der Waals surface area (Å²) in [7, 11) is -3.87. The van der Waals surface area contributed by atoms with Crippen LogP contribution in [0.5, 0.6) is 0 Å². The van der Waals surface area contributed by atoms with E-state index in [1.807, 2.05) is 6.07 Å². The minimum Gasteiger partial charge on any atom is -0.224 e. The van der Waals surface area contributed by atoms with Gasteiger partial charge in [0.2, 0.25) is 10.0 Å². The Kier molecular flexibility index (Phi) is 2.94. The Hall–Kier alpha value is -1.37. The smallest absolute Gasteiger partial charge is 0.224 e. The Morgan fingerprint density at radius 3 is 2.35 bits per heavy atom. The number of aryl methyl sites for hydroxylation is 1. The highest BCUT2D eigenvalue weighted by atomic mass is 35.5. The number of rotatable bonds is 2. The third kappa shape index (κ3) is 2.19. The minimum atomic E-state index is -3.87. The van der Waals surface area contributed by atoms with E-state index >= 15 is 0 Å². The lowest BCUT2D eigenvalue weighted by molar-refractivity contribution is 0.597. The number of hydrogen-bond donors (Lipinski definition) is 1. The molecule has 1 heterocycles. The van der Waals surface area contributed by atoms with Gasteiger partial charge in [0.15, 0.2) is 5.15 Å². The quantitative estimate of drug-likeness (QED) is 0.899. The van der Waals surface area contributed by atoms with Gasteiger partial charge in [0.25, 0.3) is 0 Å². The molecular weight excluding hydrogens is 262 g/mol. The van der Waals surface area contributed by atoms with E-state index in [-0.39, 0.29) is 15.7 Å². The van der Waals surface area contributed by atoms with E-state index in [1.165, 1.54) is 4.68 Å². The van der Waals surface area contributed by atoms with Gasteiger partial charge in [0.05, 0.1) is 11.4 Å². The number of sulfonamides is 1. The van der Waals surface area contributed by atoms with E-state index in [1.54, 1.807) is 31.2 Å². The van der Waals surface area contributed by atoms with Crippen LogP contribution in [0.3, 0.4) is 0 Å². The van der Waals surface area contributed by atoms with Crippen molar-refractivity contribution in [2.45, 2.75) is 11.8 Å². The molecule has 0 radical (unpaired) electrons. The molecule has 0 saturated heterocycles. The highest BCUT2D eigenvalue weighted by Gasteiger charge is 2.23. The molecule has 1 aromatic heterocycles. The van der Waals surface area contributed by atoms with E-state index in [0.717, 1.165) is 0 Å². The molecular formula is C10H10ClN3O2S. The van der Waals surface area contributed by atoms with Gasteiger partial charge in [-0.1, -0.05) is 29.8 Å². The maximum absolute atomic E-state index is 11.4. The fraction of sp³-hybridized carbons (Fsp3) is 0.100. The van der Waals surface area contributed by atoms with E-state index in [0.29, 0.717) is 5.69 Å². The third-order valence-electron chi connectivity index (χ3n) is 2.24. The fourth-order valence-electron chi connectivity index (χ4n) is 1.55. The van der Waals surface area contributed by atoms with Crippen molar-refractivity contribution in [1.29, 1.82) is 0 Å². The van der Waals surface area contributed by atoms with Gasteiger partial charge in [-0.15, -0.1) is 0 Å². The Bertz CT molecular complexity index is 650. The zero-order chi connectivity index (χ0) is 12.6. The van der Waals surface area contributed by atoms with Gasteiger partial charge >= 0.3 is 0 Å². The summed E-state index contributed by atoms with van der Waals surface area (Å²) in [5, 5.41) is 9.15. The first-order valence-electron chi connectivity index (χ1n) is 4.74. The van der Waals surface area contributed by atoms with Crippen molar-refractivity contribution >= 4 is 21.6 Å². The van der Waals surface area contributed by atoms with Crippen molar-refractivity contribution in [3.63, 3.8) is 0 Å². The Balaban J connectivity index is 2.69. The number of primary sulfonamides is 1. The van der Waals surface area contributed by atoms with Gasteiger partial charge in [-0.3, -0.25) is 0 Å². The number of halogens is 1. The molecule has 17 heavy (non-hydrogen) atoms. The van der Waals surface area contributed by atoms with Crippen molar-refractivity contribution < 1.29 is 8.42 Å². The zero-order valence-corrected chi connectivity index (χ0v) is 10.5. The van der Waals surface area contributed by atoms with Crippen LogP contribution < -0.4 is 5.14 Å². The summed E-state index contributed by atoms with van der Waals surface area (Å²) in [5.74, 6) is 0. The first-order chi connectivity index (χ1) is 7.91. The normalized spacial score (nSPS) is 11.7. The summed E-state index contributed by atoms with van der Waals surface area (Å²) in [4.78, 5) is -0.136. The number of para-hydroxylation sites is 1. The monoisotopic (exact) mass is 271 g/mol. The molecule has 90 valence electrons. The van der Waals surface area contributed by atoms with Crippen LogP contribution in [0, 0.1) is 6.92 Å². The second-order valence-electron chi connectivity index (χ2n) is 3.50. The first kappa shape index (κ1) is 12.1. The summed E-state index contributed by atoms with van der Waals surface area (Å²) >= 11 is 5.99. The molecule has 2 aromatic rings. The maximum atomic E-state index is 11.4. The van der Waals surface area contributed by atoms with Gasteiger partial charge < -0.3 is 0 Å². The second kappa shape index (κ2) is 4.14. The summed E-state index contributed by atoms with van der Waals surface area (Å²) in [6.45, 7) is 1.55. The van der Waals surface area contributed by atoms with Crippen LogP contribution >= 0.6 is 11.6 Å². The number of benzene rings is 1. The molecule has 7 heteroatoms. The molecule has 5 nitrogen and oxygen atoms in total. The van der Waals surface area contributed by atoms with Crippen LogP contribution in [0.2, 0.25) is 5.15 Å². The largest absolute Gasteiger partial charge is 0.243 e. The summed E-state index contributed by atoms with van der Waals surface area (Å²) in [6.07, 6.45) is 0. The molecule has 0 aliphatic rings. The summed E-state index contributed by atoms with van der Waals surface area (Å²) < 4.78 is 24.1. The van der Waals surface area contributed by atoms with Crippen LogP contribution in [0.25, 0.3) is 5.69 Å². The first-order valence-corrected chi connectivity index (χ1v) is 6.67. The molecule has 0 spiro atoms. The van der Waals surface area contributed by atoms with Gasteiger partial charge in [-0.05, 0) is 19.1 Å².